The van der Waals surface area contributed by atoms with Gasteiger partial charge in [0, 0.05) is 42.8 Å². The van der Waals surface area contributed by atoms with Crippen molar-refractivity contribution in [3.8, 4) is 0 Å². The van der Waals surface area contributed by atoms with Crippen LogP contribution in [0.25, 0.3) is 0 Å². The summed E-state index contributed by atoms with van der Waals surface area (Å²) < 4.78 is 0. The minimum atomic E-state index is -0.425. The summed E-state index contributed by atoms with van der Waals surface area (Å²) in [5, 5.41) is 21.5. The van der Waals surface area contributed by atoms with Crippen LogP contribution in [0.3, 0.4) is 0 Å². The fourth-order valence-electron chi connectivity index (χ4n) is 2.99. The molecule has 2 aromatic heterocycles. The molecule has 0 radical (unpaired) electrons. The molecule has 0 aliphatic heterocycles. The zero-order chi connectivity index (χ0) is 23.8. The molecule has 1 aromatic carbocycles. The van der Waals surface area contributed by atoms with Crippen LogP contribution in [0.2, 0.25) is 10.0 Å². The van der Waals surface area contributed by atoms with Gasteiger partial charge < -0.3 is 26.4 Å². The summed E-state index contributed by atoms with van der Waals surface area (Å²) in [4.78, 5) is 25.7. The van der Waals surface area contributed by atoms with E-state index in [0.29, 0.717) is 36.4 Å². The van der Waals surface area contributed by atoms with E-state index in [-0.39, 0.29) is 22.2 Å². The SMILES string of the molecule is CCNCc1cc(Cl)c(C(=O)Nc2ccnc(Nc3cc(C)nc(NCCO)n3)c2)c(Cl)c1. The number of anilines is 4. The second-order valence-corrected chi connectivity index (χ2v) is 7.91. The Labute approximate surface area is 202 Å². The number of halogens is 2. The smallest absolute Gasteiger partial charge is 0.258 e. The number of benzene rings is 1. The normalized spacial score (nSPS) is 10.7. The highest BCUT2D eigenvalue weighted by molar-refractivity contribution is 6.40. The molecule has 1 amide bonds. The van der Waals surface area contributed by atoms with Crippen LogP contribution in [0.1, 0.15) is 28.5 Å². The number of amides is 1. The molecule has 3 aromatic rings. The van der Waals surface area contributed by atoms with Crippen molar-refractivity contribution in [2.75, 3.05) is 35.6 Å². The highest BCUT2D eigenvalue weighted by Gasteiger charge is 2.17. The van der Waals surface area contributed by atoms with E-state index in [2.05, 4.69) is 36.2 Å². The van der Waals surface area contributed by atoms with Crippen molar-refractivity contribution in [2.45, 2.75) is 20.4 Å². The summed E-state index contributed by atoms with van der Waals surface area (Å²) in [6, 6.07) is 8.53. The van der Waals surface area contributed by atoms with Crippen molar-refractivity contribution in [3.05, 3.63) is 63.4 Å². The topological polar surface area (TPSA) is 124 Å². The van der Waals surface area contributed by atoms with Crippen molar-refractivity contribution in [1.29, 1.82) is 0 Å². The van der Waals surface area contributed by atoms with Gasteiger partial charge in [0.2, 0.25) is 5.95 Å². The van der Waals surface area contributed by atoms with E-state index in [4.69, 9.17) is 28.3 Å². The molecule has 0 unspecified atom stereocenters. The van der Waals surface area contributed by atoms with Crippen LogP contribution in [0.4, 0.5) is 23.3 Å². The molecule has 33 heavy (non-hydrogen) atoms. The standard InChI is InChI=1S/C22H25Cl2N7O2/c1-3-25-12-14-9-16(23)20(17(24)10-14)21(33)29-15-4-5-26-18(11-15)30-19-8-13(2)28-22(31-19)27-6-7-32/h4-5,8-11,25,32H,3,6-7,12H2,1-2H3,(H3,26,27,28,29,30,31,33). The Bertz CT molecular complexity index is 1100. The summed E-state index contributed by atoms with van der Waals surface area (Å²) in [5.74, 6) is 0.946. The second-order valence-electron chi connectivity index (χ2n) is 7.09. The van der Waals surface area contributed by atoms with Crippen LogP contribution in [0, 0.1) is 6.92 Å². The predicted octanol–water partition coefficient (Wildman–Crippen LogP) is 4.00. The van der Waals surface area contributed by atoms with E-state index in [0.717, 1.165) is 17.8 Å². The average molecular weight is 490 g/mol. The highest BCUT2D eigenvalue weighted by Crippen LogP contribution is 2.28. The molecule has 2 heterocycles. The zero-order valence-corrected chi connectivity index (χ0v) is 19.8. The molecular weight excluding hydrogens is 465 g/mol. The van der Waals surface area contributed by atoms with E-state index in [9.17, 15) is 4.79 Å². The average Bonchev–Trinajstić information content (AvgIpc) is 2.75. The maximum atomic E-state index is 12.9. The number of carbonyl (C=O) groups is 1. The first kappa shape index (κ1) is 24.7. The van der Waals surface area contributed by atoms with Crippen molar-refractivity contribution in [2.24, 2.45) is 0 Å². The van der Waals surface area contributed by atoms with Gasteiger partial charge in [-0.2, -0.15) is 4.98 Å². The summed E-state index contributed by atoms with van der Waals surface area (Å²) >= 11 is 12.7. The lowest BCUT2D eigenvalue weighted by Crippen LogP contribution is -2.15. The van der Waals surface area contributed by atoms with E-state index >= 15 is 0 Å². The van der Waals surface area contributed by atoms with Gasteiger partial charge >= 0.3 is 0 Å². The number of rotatable bonds is 10. The first-order chi connectivity index (χ1) is 15.9. The van der Waals surface area contributed by atoms with Crippen LogP contribution in [0.5, 0.6) is 0 Å². The number of nitrogens with zero attached hydrogens (tertiary/aromatic N) is 3. The van der Waals surface area contributed by atoms with E-state index < -0.39 is 5.91 Å². The lowest BCUT2D eigenvalue weighted by molar-refractivity contribution is 0.102. The molecule has 0 spiro atoms. The van der Waals surface area contributed by atoms with Crippen molar-refractivity contribution < 1.29 is 9.90 Å². The quantitative estimate of drug-likeness (QED) is 0.289. The third-order valence-corrected chi connectivity index (χ3v) is 5.03. The molecule has 0 bridgehead atoms. The van der Waals surface area contributed by atoms with Gasteiger partial charge in [0.1, 0.15) is 11.6 Å². The summed E-state index contributed by atoms with van der Waals surface area (Å²) in [6.45, 7) is 5.56. The minimum Gasteiger partial charge on any atom is -0.395 e. The van der Waals surface area contributed by atoms with Gasteiger partial charge in [-0.25, -0.2) is 9.97 Å². The lowest BCUT2D eigenvalue weighted by atomic mass is 10.1. The number of carbonyl (C=O) groups excluding carboxylic acids is 1. The summed E-state index contributed by atoms with van der Waals surface area (Å²) in [5.41, 5.74) is 2.34. The maximum absolute atomic E-state index is 12.9. The molecule has 0 fully saturated rings. The van der Waals surface area contributed by atoms with Crippen LogP contribution < -0.4 is 21.3 Å². The first-order valence-corrected chi connectivity index (χ1v) is 11.1. The van der Waals surface area contributed by atoms with E-state index in [1.165, 1.54) is 0 Å². The van der Waals surface area contributed by atoms with Crippen LogP contribution in [-0.2, 0) is 6.54 Å². The molecule has 0 aliphatic carbocycles. The van der Waals surface area contributed by atoms with Crippen LogP contribution in [0.15, 0.2) is 36.5 Å². The maximum Gasteiger partial charge on any atom is 0.258 e. The number of aliphatic hydroxyl groups excluding tert-OH is 1. The minimum absolute atomic E-state index is 0.0320. The Balaban J connectivity index is 1.74. The fraction of sp³-hybridized carbons (Fsp3) is 0.273. The first-order valence-electron chi connectivity index (χ1n) is 10.3. The van der Waals surface area contributed by atoms with E-state index in [1.54, 1.807) is 36.5 Å². The highest BCUT2D eigenvalue weighted by atomic mass is 35.5. The number of pyridine rings is 1. The Morgan fingerprint density at radius 2 is 1.85 bits per heavy atom. The number of nitrogens with one attached hydrogen (secondary N) is 4. The monoisotopic (exact) mass is 489 g/mol. The fourth-order valence-corrected chi connectivity index (χ4v) is 3.70. The van der Waals surface area contributed by atoms with Crippen molar-refractivity contribution in [3.63, 3.8) is 0 Å². The summed E-state index contributed by atoms with van der Waals surface area (Å²) in [7, 11) is 0. The molecular formula is C22H25Cl2N7O2. The van der Waals surface area contributed by atoms with Gasteiger partial charge in [-0.15, -0.1) is 0 Å². The molecule has 174 valence electrons. The molecule has 0 aliphatic rings. The third-order valence-electron chi connectivity index (χ3n) is 4.43. The molecule has 9 nitrogen and oxygen atoms in total. The van der Waals surface area contributed by atoms with Crippen molar-refractivity contribution >= 4 is 52.4 Å². The lowest BCUT2D eigenvalue weighted by Gasteiger charge is -2.12. The predicted molar refractivity (Wildman–Crippen MR) is 132 cm³/mol. The molecule has 3 rings (SSSR count). The zero-order valence-electron chi connectivity index (χ0n) is 18.2. The van der Waals surface area contributed by atoms with Crippen LogP contribution >= 0.6 is 23.2 Å². The van der Waals surface area contributed by atoms with Gasteiger partial charge in [-0.1, -0.05) is 30.1 Å². The largest absolute Gasteiger partial charge is 0.395 e. The number of hydrogen-bond acceptors (Lipinski definition) is 8. The van der Waals surface area contributed by atoms with E-state index in [1.807, 2.05) is 13.8 Å². The van der Waals surface area contributed by atoms with Gasteiger partial charge in [0.15, 0.2) is 0 Å². The van der Waals surface area contributed by atoms with Gasteiger partial charge in [0.25, 0.3) is 5.91 Å². The number of aromatic nitrogens is 3. The Morgan fingerprint density at radius 3 is 2.55 bits per heavy atom. The van der Waals surface area contributed by atoms with Gasteiger partial charge in [-0.05, 0) is 37.2 Å². The molecule has 0 saturated heterocycles. The second kappa shape index (κ2) is 11.8. The number of aliphatic hydroxyl groups is 1. The molecule has 11 heteroatoms. The van der Waals surface area contributed by atoms with Gasteiger partial charge in [-0.3, -0.25) is 4.79 Å². The number of aryl methyl sites for hydroxylation is 1. The Hall–Kier alpha value is -2.98. The Kier molecular flexibility index (Phi) is 8.79. The van der Waals surface area contributed by atoms with Crippen LogP contribution in [-0.4, -0.2) is 45.7 Å². The van der Waals surface area contributed by atoms with Crippen molar-refractivity contribution in [1.82, 2.24) is 20.3 Å². The number of hydrogen-bond donors (Lipinski definition) is 5. The van der Waals surface area contributed by atoms with Gasteiger partial charge in [0.05, 0.1) is 22.2 Å². The Morgan fingerprint density at radius 1 is 1.09 bits per heavy atom. The summed E-state index contributed by atoms with van der Waals surface area (Å²) in [6.07, 6.45) is 1.56. The molecule has 5 N–H and O–H groups in total. The third kappa shape index (κ3) is 7.00. The molecule has 0 atom stereocenters. The molecule has 0 saturated carbocycles.